The lowest BCUT2D eigenvalue weighted by Crippen LogP contribution is -2.64. The zero-order valence-corrected chi connectivity index (χ0v) is 26.6. The molecule has 1 aliphatic heterocycles. The fraction of sp³-hybridized carbons (Fsp3) is 0.500. The molecule has 48 heavy (non-hydrogen) atoms. The predicted molar refractivity (Wildman–Crippen MR) is 158 cm³/mol. The number of nitrogens with one attached hydrogen (secondary N) is 2. The maximum atomic E-state index is 13.7. The second kappa shape index (κ2) is 17.6. The maximum Gasteiger partial charge on any atom is 0.490 e. The Bertz CT molecular complexity index is 1350. The van der Waals surface area contributed by atoms with Gasteiger partial charge in [-0.1, -0.05) is 36.7 Å². The first-order valence-electron chi connectivity index (χ1n) is 14.1. The number of alkyl halides is 6. The zero-order valence-electron chi connectivity index (χ0n) is 25.9. The Morgan fingerprint density at radius 2 is 1.50 bits per heavy atom. The number of carboxylic acids is 3. The highest BCUT2D eigenvalue weighted by Gasteiger charge is 2.42. The molecule has 2 aromatic rings. The first-order valence-corrected chi connectivity index (χ1v) is 14.4. The lowest BCUT2D eigenvalue weighted by atomic mass is 9.72. The van der Waals surface area contributed by atoms with Crippen LogP contribution in [0.2, 0.25) is 5.02 Å². The van der Waals surface area contributed by atoms with E-state index in [0.29, 0.717) is 22.5 Å². The van der Waals surface area contributed by atoms with Crippen molar-refractivity contribution >= 4 is 29.5 Å². The smallest absolute Gasteiger partial charge is 0.490 e. The molecular formula is C30H36ClF7N2O8. The van der Waals surface area contributed by atoms with Gasteiger partial charge in [-0.15, -0.1) is 0 Å². The molecule has 1 fully saturated rings. The summed E-state index contributed by atoms with van der Waals surface area (Å²) in [6, 6.07) is 11.9. The molecule has 6 N–H and O–H groups in total. The quantitative estimate of drug-likeness (QED) is 0.182. The lowest BCUT2D eigenvalue weighted by molar-refractivity contribution is -0.193. The Labute approximate surface area is 275 Å². The van der Waals surface area contributed by atoms with E-state index in [0.717, 1.165) is 31.0 Å². The lowest BCUT2D eigenvalue weighted by Gasteiger charge is -2.48. The highest BCUT2D eigenvalue weighted by molar-refractivity contribution is 6.30. The number of carbonyl (C=O) groups is 3. The largest absolute Gasteiger partial charge is 0.490 e. The molecule has 0 bridgehead atoms. The molecule has 1 aliphatic rings. The van der Waals surface area contributed by atoms with Crippen molar-refractivity contribution in [2.75, 3.05) is 19.7 Å². The average molecular weight is 721 g/mol. The van der Waals surface area contributed by atoms with Crippen molar-refractivity contribution in [2.24, 2.45) is 5.92 Å². The van der Waals surface area contributed by atoms with Crippen LogP contribution in [0.3, 0.4) is 0 Å². The molecule has 18 heteroatoms. The molecule has 1 unspecified atom stereocenters. The van der Waals surface area contributed by atoms with Crippen LogP contribution in [0.4, 0.5) is 30.7 Å². The van der Waals surface area contributed by atoms with E-state index in [1.165, 1.54) is 12.1 Å². The third-order valence-electron chi connectivity index (χ3n) is 7.03. The number of aliphatic carboxylic acids is 3. The third kappa shape index (κ3) is 15.0. The number of β-amino-alcohol motifs (C(OH)–C–C–N with tert-alkyl or cyclic N) is 1. The number of hydrogen-bond acceptors (Lipinski definition) is 7. The molecule has 0 saturated carbocycles. The van der Waals surface area contributed by atoms with Gasteiger partial charge in [0.25, 0.3) is 0 Å². The van der Waals surface area contributed by atoms with Crippen LogP contribution in [0.1, 0.15) is 38.3 Å². The Balaban J connectivity index is 0.000000687. The molecule has 0 amide bonds. The molecule has 0 aliphatic carbocycles. The Kier molecular flexibility index (Phi) is 15.6. The topological polar surface area (TPSA) is 165 Å². The van der Waals surface area contributed by atoms with E-state index in [-0.39, 0.29) is 30.9 Å². The van der Waals surface area contributed by atoms with Crippen molar-refractivity contribution in [3.63, 3.8) is 0 Å². The number of hydrogen-bond donors (Lipinski definition) is 6. The maximum absolute atomic E-state index is 13.7. The molecule has 10 nitrogen and oxygen atoms in total. The van der Waals surface area contributed by atoms with Crippen LogP contribution in [-0.2, 0) is 27.2 Å². The monoisotopic (exact) mass is 720 g/mol. The van der Waals surface area contributed by atoms with Gasteiger partial charge in [-0.05, 0) is 62.9 Å². The minimum Gasteiger partial charge on any atom is -0.490 e. The number of ether oxygens (including phenoxy) is 1. The molecule has 0 spiro atoms. The third-order valence-corrected chi connectivity index (χ3v) is 7.29. The second-order valence-electron chi connectivity index (χ2n) is 11.4. The number of aliphatic hydroxyl groups is 1. The van der Waals surface area contributed by atoms with E-state index < -0.39 is 41.7 Å². The van der Waals surface area contributed by atoms with Gasteiger partial charge in [0, 0.05) is 34.8 Å². The molecule has 1 heterocycles. The normalized spacial score (nSPS) is 20.6. The summed E-state index contributed by atoms with van der Waals surface area (Å²) < 4.78 is 82.9. The number of halogens is 8. The number of rotatable bonds is 10. The summed E-state index contributed by atoms with van der Waals surface area (Å²) in [6.45, 7) is 6.98. The van der Waals surface area contributed by atoms with Gasteiger partial charge in [0.2, 0.25) is 0 Å². The van der Waals surface area contributed by atoms with E-state index in [4.69, 9.17) is 41.2 Å². The van der Waals surface area contributed by atoms with Gasteiger partial charge in [-0.3, -0.25) is 4.79 Å². The summed E-state index contributed by atoms with van der Waals surface area (Å²) in [5.74, 6) is -6.66. The van der Waals surface area contributed by atoms with Crippen molar-refractivity contribution in [1.82, 2.24) is 10.6 Å². The van der Waals surface area contributed by atoms with Crippen molar-refractivity contribution in [3.05, 3.63) is 64.4 Å². The van der Waals surface area contributed by atoms with Gasteiger partial charge in [0.05, 0.1) is 6.42 Å². The minimum absolute atomic E-state index is 0.116. The highest BCUT2D eigenvalue weighted by atomic mass is 35.5. The van der Waals surface area contributed by atoms with Crippen molar-refractivity contribution < 1.29 is 70.3 Å². The SMILES string of the molecule is C[C@@H]1CN[C@@H](C)C[C@@]1(Cc1ccc(Cl)cc1)NCC(C)(O)COc1cc(F)ccc1CC(=O)O.O=C(O)C(F)(F)F.O=C(O)C(F)(F)F. The van der Waals surface area contributed by atoms with Crippen LogP contribution in [0.15, 0.2) is 42.5 Å². The summed E-state index contributed by atoms with van der Waals surface area (Å²) in [5.41, 5.74) is -0.00631. The van der Waals surface area contributed by atoms with Crippen molar-refractivity contribution in [1.29, 1.82) is 0 Å². The van der Waals surface area contributed by atoms with Crippen LogP contribution in [0.5, 0.6) is 5.75 Å². The van der Waals surface area contributed by atoms with Gasteiger partial charge in [-0.25, -0.2) is 14.0 Å². The first kappa shape index (κ1) is 42.4. The number of piperidine rings is 1. The molecule has 1 saturated heterocycles. The molecule has 2 aromatic carbocycles. The van der Waals surface area contributed by atoms with Crippen LogP contribution in [-0.4, -0.2) is 87.6 Å². The fourth-order valence-corrected chi connectivity index (χ4v) is 4.66. The summed E-state index contributed by atoms with van der Waals surface area (Å²) in [6.07, 6.45) is -8.80. The highest BCUT2D eigenvalue weighted by Crippen LogP contribution is 2.32. The molecule has 3 rings (SSSR count). The van der Waals surface area contributed by atoms with E-state index in [1.807, 2.05) is 24.3 Å². The van der Waals surface area contributed by atoms with Gasteiger partial charge in [0.1, 0.15) is 23.8 Å². The van der Waals surface area contributed by atoms with Crippen LogP contribution >= 0.6 is 11.6 Å². The van der Waals surface area contributed by atoms with Crippen molar-refractivity contribution in [2.45, 2.75) is 69.6 Å². The van der Waals surface area contributed by atoms with E-state index >= 15 is 0 Å². The summed E-state index contributed by atoms with van der Waals surface area (Å²) in [7, 11) is 0. The minimum atomic E-state index is -5.08. The predicted octanol–water partition coefficient (Wildman–Crippen LogP) is 5.09. The standard InChI is InChI=1S/C26H34ClFN2O4.2C2HF3O2/c1-17-14-29-18(2)12-26(17,13-19-4-7-21(27)8-5-19)30-15-25(3,33)16-34-23-11-22(28)9-6-20(23)10-24(31)32;2*3-2(4,5)1(6)7/h4-9,11,17-18,29-30,33H,10,12-16H2,1-3H3,(H,31,32);2*(H,6,7)/t17-,18+,25?,26+;;/m1../s1. The van der Waals surface area contributed by atoms with Crippen LogP contribution < -0.4 is 15.4 Å². The van der Waals surface area contributed by atoms with E-state index in [2.05, 4.69) is 24.5 Å². The number of carboxylic acid groups (broad SMARTS) is 3. The molecule has 4 atom stereocenters. The molecular weight excluding hydrogens is 685 g/mol. The summed E-state index contributed by atoms with van der Waals surface area (Å²) >= 11 is 6.07. The molecule has 0 aromatic heterocycles. The molecule has 0 radical (unpaired) electrons. The van der Waals surface area contributed by atoms with Gasteiger partial charge in [0.15, 0.2) is 0 Å². The fourth-order valence-electron chi connectivity index (χ4n) is 4.54. The van der Waals surface area contributed by atoms with Crippen molar-refractivity contribution in [3.8, 4) is 5.75 Å². The van der Waals surface area contributed by atoms with Crippen LogP contribution in [0, 0.1) is 11.7 Å². The number of benzene rings is 2. The van der Waals surface area contributed by atoms with E-state index in [9.17, 15) is 40.6 Å². The van der Waals surface area contributed by atoms with Gasteiger partial charge < -0.3 is 35.8 Å². The first-order chi connectivity index (χ1) is 21.9. The Hall–Kier alpha value is -3.67. The summed E-state index contributed by atoms with van der Waals surface area (Å²) in [4.78, 5) is 28.9. The van der Waals surface area contributed by atoms with Gasteiger partial charge >= 0.3 is 30.3 Å². The van der Waals surface area contributed by atoms with Crippen LogP contribution in [0.25, 0.3) is 0 Å². The molecule has 270 valence electrons. The Morgan fingerprint density at radius 3 is 1.98 bits per heavy atom. The second-order valence-corrected chi connectivity index (χ2v) is 11.9. The van der Waals surface area contributed by atoms with E-state index in [1.54, 1.807) is 6.92 Å². The average Bonchev–Trinajstić information content (AvgIpc) is 2.95. The zero-order chi connectivity index (χ0) is 37.1. The van der Waals surface area contributed by atoms with Gasteiger partial charge in [-0.2, -0.15) is 26.3 Å². The summed E-state index contributed by atoms with van der Waals surface area (Å²) in [5, 5.41) is 42.3. The Morgan fingerprint density at radius 1 is 0.979 bits per heavy atom.